The third kappa shape index (κ3) is 4.25. The van der Waals surface area contributed by atoms with Gasteiger partial charge in [0.05, 0.1) is 6.42 Å². The van der Waals surface area contributed by atoms with Gasteiger partial charge < -0.3 is 4.90 Å². The molecule has 1 radical (unpaired) electrons. The van der Waals surface area contributed by atoms with Gasteiger partial charge in [0, 0.05) is 13.6 Å². The van der Waals surface area contributed by atoms with Gasteiger partial charge in [-0.3, -0.25) is 4.79 Å². The summed E-state index contributed by atoms with van der Waals surface area (Å²) in [5, 5.41) is 0. The Morgan fingerprint density at radius 1 is 0.947 bits per heavy atom. The SMILES string of the molecule is CN(Cc1ccccc1)C(=O)[CH]Cc1ccccc1. The minimum Gasteiger partial charge on any atom is -0.341 e. The number of hydrogen-bond acceptors (Lipinski definition) is 1. The molecule has 0 aliphatic heterocycles. The molecule has 0 aromatic heterocycles. The largest absolute Gasteiger partial charge is 0.341 e. The van der Waals surface area contributed by atoms with E-state index >= 15 is 0 Å². The van der Waals surface area contributed by atoms with Crippen molar-refractivity contribution < 1.29 is 4.79 Å². The first-order chi connectivity index (χ1) is 9.25. The Morgan fingerprint density at radius 3 is 2.05 bits per heavy atom. The topological polar surface area (TPSA) is 20.3 Å². The molecule has 0 N–H and O–H groups in total. The van der Waals surface area contributed by atoms with Crippen molar-refractivity contribution in [1.82, 2.24) is 4.90 Å². The molecule has 0 saturated heterocycles. The molecule has 2 rings (SSSR count). The van der Waals surface area contributed by atoms with E-state index in [-0.39, 0.29) is 5.91 Å². The zero-order valence-corrected chi connectivity index (χ0v) is 11.1. The molecular weight excluding hydrogens is 234 g/mol. The maximum absolute atomic E-state index is 12.0. The van der Waals surface area contributed by atoms with Gasteiger partial charge >= 0.3 is 0 Å². The summed E-state index contributed by atoms with van der Waals surface area (Å²) in [6.07, 6.45) is 2.41. The third-order valence-electron chi connectivity index (χ3n) is 2.99. The predicted molar refractivity (Wildman–Crippen MR) is 77.4 cm³/mol. The Kier molecular flexibility index (Phi) is 4.73. The lowest BCUT2D eigenvalue weighted by molar-refractivity contribution is -0.126. The van der Waals surface area contributed by atoms with Crippen LogP contribution in [0.2, 0.25) is 0 Å². The van der Waals surface area contributed by atoms with Crippen molar-refractivity contribution in [3.63, 3.8) is 0 Å². The van der Waals surface area contributed by atoms with Gasteiger partial charge in [-0.1, -0.05) is 60.7 Å². The van der Waals surface area contributed by atoms with Crippen molar-refractivity contribution >= 4 is 5.91 Å². The predicted octanol–water partition coefficient (Wildman–Crippen LogP) is 3.09. The number of hydrogen-bond donors (Lipinski definition) is 0. The summed E-state index contributed by atoms with van der Waals surface area (Å²) >= 11 is 0. The number of carbonyl (C=O) groups excluding carboxylic acids is 1. The zero-order chi connectivity index (χ0) is 13.5. The number of nitrogens with zero attached hydrogens (tertiary/aromatic N) is 1. The highest BCUT2D eigenvalue weighted by atomic mass is 16.2. The van der Waals surface area contributed by atoms with E-state index in [0.717, 1.165) is 11.1 Å². The minimum absolute atomic E-state index is 0.0627. The first-order valence-electron chi connectivity index (χ1n) is 6.42. The van der Waals surface area contributed by atoms with E-state index in [0.29, 0.717) is 13.0 Å². The molecule has 0 aliphatic carbocycles. The van der Waals surface area contributed by atoms with Crippen LogP contribution < -0.4 is 0 Å². The van der Waals surface area contributed by atoms with Gasteiger partial charge in [-0.05, 0) is 17.5 Å². The van der Waals surface area contributed by atoms with Gasteiger partial charge in [-0.15, -0.1) is 0 Å². The zero-order valence-electron chi connectivity index (χ0n) is 11.1. The normalized spacial score (nSPS) is 10.2. The van der Waals surface area contributed by atoms with Gasteiger partial charge in [0.1, 0.15) is 0 Å². The van der Waals surface area contributed by atoms with Crippen LogP contribution in [0.25, 0.3) is 0 Å². The number of rotatable bonds is 5. The van der Waals surface area contributed by atoms with Crippen LogP contribution in [0.1, 0.15) is 11.1 Å². The molecule has 19 heavy (non-hydrogen) atoms. The van der Waals surface area contributed by atoms with Crippen LogP contribution in [-0.2, 0) is 17.8 Å². The number of carbonyl (C=O) groups is 1. The Morgan fingerprint density at radius 2 is 1.47 bits per heavy atom. The van der Waals surface area contributed by atoms with Crippen LogP contribution in [0.3, 0.4) is 0 Å². The summed E-state index contributed by atoms with van der Waals surface area (Å²) in [6.45, 7) is 0.644. The van der Waals surface area contributed by atoms with E-state index in [1.807, 2.05) is 67.7 Å². The lowest BCUT2D eigenvalue weighted by Gasteiger charge is -2.17. The highest BCUT2D eigenvalue weighted by molar-refractivity contribution is 5.84. The quantitative estimate of drug-likeness (QED) is 0.800. The van der Waals surface area contributed by atoms with Gasteiger partial charge in [-0.25, -0.2) is 0 Å². The van der Waals surface area contributed by atoms with Gasteiger partial charge in [0.2, 0.25) is 5.91 Å². The van der Waals surface area contributed by atoms with E-state index in [2.05, 4.69) is 0 Å². The molecule has 0 bridgehead atoms. The van der Waals surface area contributed by atoms with Crippen molar-refractivity contribution in [3.8, 4) is 0 Å². The summed E-state index contributed by atoms with van der Waals surface area (Å²) in [5.41, 5.74) is 2.30. The highest BCUT2D eigenvalue weighted by Crippen LogP contribution is 2.06. The van der Waals surface area contributed by atoms with Crippen molar-refractivity contribution in [2.24, 2.45) is 0 Å². The first kappa shape index (κ1) is 13.3. The Labute approximate surface area is 114 Å². The highest BCUT2D eigenvalue weighted by Gasteiger charge is 2.09. The summed E-state index contributed by atoms with van der Waals surface area (Å²) in [6, 6.07) is 20.0. The average Bonchev–Trinajstić information content (AvgIpc) is 2.47. The van der Waals surface area contributed by atoms with E-state index in [1.165, 1.54) is 0 Å². The Bertz CT molecular complexity index is 507. The van der Waals surface area contributed by atoms with Crippen molar-refractivity contribution in [3.05, 3.63) is 78.2 Å². The molecular formula is C17H18NO. The first-order valence-corrected chi connectivity index (χ1v) is 6.42. The number of amides is 1. The molecule has 1 amide bonds. The van der Waals surface area contributed by atoms with Crippen LogP contribution in [0, 0.1) is 6.42 Å². The van der Waals surface area contributed by atoms with Crippen LogP contribution in [0.5, 0.6) is 0 Å². The number of benzene rings is 2. The fraction of sp³-hybridized carbons (Fsp3) is 0.176. The lowest BCUT2D eigenvalue weighted by Crippen LogP contribution is -2.26. The summed E-state index contributed by atoms with van der Waals surface area (Å²) in [7, 11) is 1.83. The molecule has 0 saturated carbocycles. The smallest absolute Gasteiger partial charge is 0.226 e. The third-order valence-corrected chi connectivity index (χ3v) is 2.99. The summed E-state index contributed by atoms with van der Waals surface area (Å²) < 4.78 is 0. The van der Waals surface area contributed by atoms with Crippen LogP contribution in [0.4, 0.5) is 0 Å². The minimum atomic E-state index is 0.0627. The monoisotopic (exact) mass is 252 g/mol. The fourth-order valence-corrected chi connectivity index (χ4v) is 1.91. The van der Waals surface area contributed by atoms with E-state index in [9.17, 15) is 4.79 Å². The van der Waals surface area contributed by atoms with Crippen molar-refractivity contribution in [2.45, 2.75) is 13.0 Å². The van der Waals surface area contributed by atoms with Crippen molar-refractivity contribution in [2.75, 3.05) is 7.05 Å². The van der Waals surface area contributed by atoms with E-state index in [1.54, 1.807) is 11.3 Å². The molecule has 2 aromatic rings. The molecule has 0 fully saturated rings. The molecule has 2 heteroatoms. The molecule has 0 spiro atoms. The van der Waals surface area contributed by atoms with E-state index < -0.39 is 0 Å². The van der Waals surface area contributed by atoms with Crippen LogP contribution in [0.15, 0.2) is 60.7 Å². The molecule has 97 valence electrons. The van der Waals surface area contributed by atoms with E-state index in [4.69, 9.17) is 0 Å². The van der Waals surface area contributed by atoms with Crippen LogP contribution in [-0.4, -0.2) is 17.9 Å². The molecule has 2 aromatic carbocycles. The van der Waals surface area contributed by atoms with Gasteiger partial charge in [-0.2, -0.15) is 0 Å². The maximum Gasteiger partial charge on any atom is 0.226 e. The van der Waals surface area contributed by atoms with Gasteiger partial charge in [0.25, 0.3) is 0 Å². The molecule has 2 nitrogen and oxygen atoms in total. The second kappa shape index (κ2) is 6.74. The Hall–Kier alpha value is -2.09. The maximum atomic E-state index is 12.0. The second-order valence-corrected chi connectivity index (χ2v) is 4.57. The molecule has 0 aliphatic rings. The van der Waals surface area contributed by atoms with Crippen molar-refractivity contribution in [1.29, 1.82) is 0 Å². The molecule has 0 unspecified atom stereocenters. The molecule has 0 heterocycles. The standard InChI is InChI=1S/C17H18NO/c1-18(14-16-10-6-3-7-11-16)17(19)13-12-15-8-4-2-5-9-15/h2-11,13H,12,14H2,1H3. The average molecular weight is 252 g/mol. The fourth-order valence-electron chi connectivity index (χ4n) is 1.91. The molecule has 0 atom stereocenters. The Balaban J connectivity index is 1.83. The lowest BCUT2D eigenvalue weighted by atomic mass is 10.1. The summed E-state index contributed by atoms with van der Waals surface area (Å²) in [5.74, 6) is 0.0627. The second-order valence-electron chi connectivity index (χ2n) is 4.57. The van der Waals surface area contributed by atoms with Crippen LogP contribution >= 0.6 is 0 Å². The van der Waals surface area contributed by atoms with Gasteiger partial charge in [0.15, 0.2) is 0 Å². The summed E-state index contributed by atoms with van der Waals surface area (Å²) in [4.78, 5) is 13.7.